The molecule has 4 atom stereocenters. The quantitative estimate of drug-likeness (QED) is 0.428. The topological polar surface area (TPSA) is 92.8 Å². The number of carbonyl (C=O) groups excluding carboxylic acids is 4. The normalized spacial score (nSPS) is 25.2. The molecular weight excluding hydrogens is 432 g/mol. The molecule has 1 heterocycles. The molecule has 7 nitrogen and oxygen atoms in total. The zero-order valence-electron chi connectivity index (χ0n) is 16.9. The van der Waals surface area contributed by atoms with Crippen molar-refractivity contribution in [2.24, 2.45) is 23.7 Å². The van der Waals surface area contributed by atoms with E-state index in [1.165, 1.54) is 17.0 Å². The molecule has 0 unspecified atom stereocenters. The van der Waals surface area contributed by atoms with E-state index >= 15 is 0 Å². The molecular formula is C24H19ClN2O5. The van der Waals surface area contributed by atoms with E-state index in [9.17, 15) is 19.2 Å². The summed E-state index contributed by atoms with van der Waals surface area (Å²) in [5, 5.41) is 2.95. The number of rotatable bonds is 5. The lowest BCUT2D eigenvalue weighted by molar-refractivity contribution is -0.123. The summed E-state index contributed by atoms with van der Waals surface area (Å²) in [6.45, 7) is -0.478. The molecule has 3 aliphatic rings. The number of carbonyl (C=O) groups is 4. The van der Waals surface area contributed by atoms with Gasteiger partial charge in [-0.2, -0.15) is 0 Å². The van der Waals surface area contributed by atoms with Crippen molar-refractivity contribution in [2.45, 2.75) is 6.42 Å². The fourth-order valence-electron chi connectivity index (χ4n) is 4.87. The maximum absolute atomic E-state index is 12.9. The standard InChI is InChI=1S/C24H19ClN2O5/c25-17-3-1-2-4-18(17)26-19(28)12-32-24(31)13-7-9-16(10-8-13)27-22(29)20-14-5-6-15(11-14)21(20)23(27)30/h1-10,14-15,20-21H,11-12H2,(H,26,28)/t14-,15-,20+,21+/m0/s1. The van der Waals surface area contributed by atoms with Gasteiger partial charge in [-0.3, -0.25) is 19.3 Å². The van der Waals surface area contributed by atoms with E-state index in [-0.39, 0.29) is 41.0 Å². The van der Waals surface area contributed by atoms with Gasteiger partial charge in [0.15, 0.2) is 6.61 Å². The lowest BCUT2D eigenvalue weighted by atomic mass is 9.85. The third-order valence-corrected chi connectivity index (χ3v) is 6.64. The summed E-state index contributed by atoms with van der Waals surface area (Å²) in [4.78, 5) is 51.3. The van der Waals surface area contributed by atoms with Crippen LogP contribution < -0.4 is 10.2 Å². The summed E-state index contributed by atoms with van der Waals surface area (Å²) in [6, 6.07) is 12.8. The predicted octanol–water partition coefficient (Wildman–Crippen LogP) is 3.45. The first-order chi connectivity index (χ1) is 15.4. The van der Waals surface area contributed by atoms with Gasteiger partial charge in [0, 0.05) is 0 Å². The lowest BCUT2D eigenvalue weighted by Crippen LogP contribution is -2.32. The highest BCUT2D eigenvalue weighted by Crippen LogP contribution is 2.53. The lowest BCUT2D eigenvalue weighted by Gasteiger charge is -2.17. The molecule has 0 aromatic heterocycles. The molecule has 1 saturated carbocycles. The number of fused-ring (bicyclic) bond motifs is 5. The fourth-order valence-corrected chi connectivity index (χ4v) is 5.05. The van der Waals surface area contributed by atoms with Crippen LogP contribution in [0.5, 0.6) is 0 Å². The second kappa shape index (κ2) is 7.91. The average molecular weight is 451 g/mol. The van der Waals surface area contributed by atoms with Gasteiger partial charge < -0.3 is 10.1 Å². The molecule has 32 heavy (non-hydrogen) atoms. The minimum Gasteiger partial charge on any atom is -0.452 e. The van der Waals surface area contributed by atoms with Crippen molar-refractivity contribution in [1.29, 1.82) is 0 Å². The van der Waals surface area contributed by atoms with Crippen LogP contribution in [0, 0.1) is 23.7 Å². The number of hydrogen-bond acceptors (Lipinski definition) is 5. The summed E-state index contributed by atoms with van der Waals surface area (Å²) >= 11 is 5.99. The van der Waals surface area contributed by atoms with Gasteiger partial charge >= 0.3 is 5.97 Å². The van der Waals surface area contributed by atoms with Crippen molar-refractivity contribution >= 4 is 46.7 Å². The molecule has 0 radical (unpaired) electrons. The Labute approximate surface area is 189 Å². The van der Waals surface area contributed by atoms with Crippen LogP contribution in [0.1, 0.15) is 16.8 Å². The van der Waals surface area contributed by atoms with Crippen molar-refractivity contribution < 1.29 is 23.9 Å². The van der Waals surface area contributed by atoms with E-state index in [0.717, 1.165) is 6.42 Å². The van der Waals surface area contributed by atoms with Crippen molar-refractivity contribution in [3.05, 3.63) is 71.3 Å². The summed E-state index contributed by atoms with van der Waals surface area (Å²) < 4.78 is 5.06. The first-order valence-corrected chi connectivity index (χ1v) is 10.7. The SMILES string of the molecule is O=C(COC(=O)c1ccc(N2C(=O)[C@H]3[C@H](C2=O)[C@H]2C=C[C@H]3C2)cc1)Nc1ccccc1Cl. The minimum atomic E-state index is -0.691. The number of nitrogens with zero attached hydrogens (tertiary/aromatic N) is 1. The van der Waals surface area contributed by atoms with Crippen molar-refractivity contribution in [1.82, 2.24) is 0 Å². The fraction of sp³-hybridized carbons (Fsp3) is 0.250. The minimum absolute atomic E-state index is 0.137. The number of para-hydroxylation sites is 1. The number of ether oxygens (including phenoxy) is 1. The van der Waals surface area contributed by atoms with E-state index in [1.807, 2.05) is 12.2 Å². The van der Waals surface area contributed by atoms with Crippen LogP contribution in [-0.4, -0.2) is 30.3 Å². The summed E-state index contributed by atoms with van der Waals surface area (Å²) in [7, 11) is 0. The third-order valence-electron chi connectivity index (χ3n) is 6.31. The zero-order chi connectivity index (χ0) is 22.4. The first kappa shape index (κ1) is 20.5. The highest BCUT2D eigenvalue weighted by molar-refractivity contribution is 6.33. The van der Waals surface area contributed by atoms with Crippen LogP contribution in [-0.2, 0) is 19.1 Å². The molecule has 3 amide bonds. The molecule has 2 bridgehead atoms. The number of esters is 1. The molecule has 1 saturated heterocycles. The highest BCUT2D eigenvalue weighted by atomic mass is 35.5. The molecule has 1 aliphatic heterocycles. The van der Waals surface area contributed by atoms with Crippen LogP contribution in [0.4, 0.5) is 11.4 Å². The van der Waals surface area contributed by atoms with E-state index in [1.54, 1.807) is 36.4 Å². The highest BCUT2D eigenvalue weighted by Gasteiger charge is 2.59. The van der Waals surface area contributed by atoms with Crippen molar-refractivity contribution in [3.63, 3.8) is 0 Å². The number of hydrogen-bond donors (Lipinski definition) is 1. The number of benzene rings is 2. The van der Waals surface area contributed by atoms with E-state index in [2.05, 4.69) is 5.32 Å². The maximum Gasteiger partial charge on any atom is 0.338 e. The monoisotopic (exact) mass is 450 g/mol. The summed E-state index contributed by atoms with van der Waals surface area (Å²) in [5.41, 5.74) is 1.06. The van der Waals surface area contributed by atoms with Crippen LogP contribution in [0.15, 0.2) is 60.7 Å². The average Bonchev–Trinajstić information content (AvgIpc) is 3.47. The van der Waals surface area contributed by atoms with Crippen LogP contribution in [0.25, 0.3) is 0 Å². The van der Waals surface area contributed by atoms with Gasteiger partial charge in [0.05, 0.1) is 33.8 Å². The number of imide groups is 1. The summed E-state index contributed by atoms with van der Waals surface area (Å²) in [6.07, 6.45) is 4.96. The Hall–Kier alpha value is -3.45. The molecule has 162 valence electrons. The molecule has 0 spiro atoms. The Bertz CT molecular complexity index is 1130. The third kappa shape index (κ3) is 3.39. The van der Waals surface area contributed by atoms with Gasteiger partial charge in [-0.15, -0.1) is 0 Å². The Morgan fingerprint density at radius 3 is 2.22 bits per heavy atom. The van der Waals surface area contributed by atoms with Gasteiger partial charge in [0.25, 0.3) is 5.91 Å². The second-order valence-corrected chi connectivity index (χ2v) is 8.57. The van der Waals surface area contributed by atoms with Crippen LogP contribution in [0.2, 0.25) is 5.02 Å². The van der Waals surface area contributed by atoms with Crippen molar-refractivity contribution in [3.8, 4) is 0 Å². The Balaban J connectivity index is 1.21. The van der Waals surface area contributed by atoms with Crippen LogP contribution >= 0.6 is 11.6 Å². The van der Waals surface area contributed by atoms with E-state index in [4.69, 9.17) is 16.3 Å². The largest absolute Gasteiger partial charge is 0.452 e. The molecule has 2 aromatic rings. The molecule has 2 aliphatic carbocycles. The number of nitrogens with one attached hydrogen (secondary N) is 1. The predicted molar refractivity (Wildman–Crippen MR) is 117 cm³/mol. The second-order valence-electron chi connectivity index (χ2n) is 8.16. The first-order valence-electron chi connectivity index (χ1n) is 10.3. The number of halogens is 1. The van der Waals surface area contributed by atoms with Crippen molar-refractivity contribution in [2.75, 3.05) is 16.8 Å². The number of allylic oxidation sites excluding steroid dienone is 2. The van der Waals surface area contributed by atoms with Gasteiger partial charge in [-0.25, -0.2) is 4.79 Å². The van der Waals surface area contributed by atoms with E-state index < -0.39 is 18.5 Å². The Morgan fingerprint density at radius 1 is 0.969 bits per heavy atom. The van der Waals surface area contributed by atoms with Gasteiger partial charge in [-0.1, -0.05) is 35.9 Å². The van der Waals surface area contributed by atoms with Gasteiger partial charge in [0.2, 0.25) is 11.8 Å². The zero-order valence-corrected chi connectivity index (χ0v) is 17.6. The molecule has 1 N–H and O–H groups in total. The summed E-state index contributed by atoms with van der Waals surface area (Å²) in [5.74, 6) is -1.85. The van der Waals surface area contributed by atoms with E-state index in [0.29, 0.717) is 16.4 Å². The molecule has 2 aromatic carbocycles. The smallest absolute Gasteiger partial charge is 0.338 e. The maximum atomic E-state index is 12.9. The Morgan fingerprint density at radius 2 is 1.59 bits per heavy atom. The molecule has 5 rings (SSSR count). The number of anilines is 2. The Kier molecular flexibility index (Phi) is 5.06. The molecule has 2 fully saturated rings. The van der Waals surface area contributed by atoms with Gasteiger partial charge in [0.1, 0.15) is 0 Å². The van der Waals surface area contributed by atoms with Gasteiger partial charge in [-0.05, 0) is 54.7 Å². The molecule has 8 heteroatoms. The number of amides is 3. The van der Waals surface area contributed by atoms with Crippen LogP contribution in [0.3, 0.4) is 0 Å².